The Morgan fingerprint density at radius 3 is 2.40 bits per heavy atom. The average Bonchev–Trinajstić information content (AvgIpc) is 2.15. The molecule has 5 heteroatoms. The van der Waals surface area contributed by atoms with Gasteiger partial charge in [-0.2, -0.15) is 4.31 Å². The SMILES string of the molecule is CC(C)C(C)(CN)N1CCCCS1(=O)=O. The minimum absolute atomic E-state index is 0.232. The van der Waals surface area contributed by atoms with Crippen LogP contribution in [0.1, 0.15) is 33.6 Å². The highest BCUT2D eigenvalue weighted by atomic mass is 32.2. The Kier molecular flexibility index (Phi) is 3.79. The number of hydrogen-bond acceptors (Lipinski definition) is 3. The molecule has 1 aliphatic heterocycles. The molecular formula is C10H22N2O2S. The molecule has 0 aromatic heterocycles. The van der Waals surface area contributed by atoms with E-state index < -0.39 is 15.6 Å². The Bertz CT molecular complexity index is 313. The molecule has 1 atom stereocenters. The molecule has 1 fully saturated rings. The number of sulfonamides is 1. The molecule has 0 radical (unpaired) electrons. The van der Waals surface area contributed by atoms with Crippen LogP contribution in [0.2, 0.25) is 0 Å². The summed E-state index contributed by atoms with van der Waals surface area (Å²) in [6, 6.07) is 0. The first-order valence-corrected chi connectivity index (χ1v) is 7.16. The van der Waals surface area contributed by atoms with Crippen LogP contribution in [0, 0.1) is 5.92 Å². The maximum Gasteiger partial charge on any atom is 0.214 e. The van der Waals surface area contributed by atoms with E-state index in [1.54, 1.807) is 4.31 Å². The average molecular weight is 234 g/mol. The van der Waals surface area contributed by atoms with Crippen molar-refractivity contribution in [1.82, 2.24) is 4.31 Å². The summed E-state index contributed by atoms with van der Waals surface area (Å²) in [5, 5.41) is 0. The lowest BCUT2D eigenvalue weighted by molar-refractivity contribution is 0.145. The molecule has 90 valence electrons. The van der Waals surface area contributed by atoms with Crippen LogP contribution in [0.5, 0.6) is 0 Å². The van der Waals surface area contributed by atoms with Gasteiger partial charge in [0.2, 0.25) is 10.0 Å². The standard InChI is InChI=1S/C10H22N2O2S/c1-9(2)10(3,8-11)12-6-4-5-7-15(12,13)14/h9H,4-8,11H2,1-3H3. The van der Waals surface area contributed by atoms with E-state index in [-0.39, 0.29) is 11.7 Å². The van der Waals surface area contributed by atoms with Crippen molar-refractivity contribution in [3.63, 3.8) is 0 Å². The summed E-state index contributed by atoms with van der Waals surface area (Å²) in [5.74, 6) is 0.505. The number of hydrogen-bond donors (Lipinski definition) is 1. The van der Waals surface area contributed by atoms with Crippen molar-refractivity contribution in [1.29, 1.82) is 0 Å². The smallest absolute Gasteiger partial charge is 0.214 e. The van der Waals surface area contributed by atoms with E-state index in [1.807, 2.05) is 20.8 Å². The zero-order valence-corrected chi connectivity index (χ0v) is 10.7. The summed E-state index contributed by atoms with van der Waals surface area (Å²) in [4.78, 5) is 0. The van der Waals surface area contributed by atoms with Gasteiger partial charge in [0.25, 0.3) is 0 Å². The molecule has 0 amide bonds. The molecule has 1 unspecified atom stereocenters. The van der Waals surface area contributed by atoms with Crippen molar-refractivity contribution in [2.75, 3.05) is 18.8 Å². The van der Waals surface area contributed by atoms with Crippen LogP contribution in [-0.4, -0.2) is 37.1 Å². The molecule has 0 aromatic carbocycles. The normalized spacial score (nSPS) is 26.5. The van der Waals surface area contributed by atoms with E-state index in [0.717, 1.165) is 12.8 Å². The minimum atomic E-state index is -3.09. The molecule has 0 aliphatic carbocycles. The van der Waals surface area contributed by atoms with Gasteiger partial charge >= 0.3 is 0 Å². The van der Waals surface area contributed by atoms with E-state index in [0.29, 0.717) is 13.1 Å². The third kappa shape index (κ3) is 2.34. The van der Waals surface area contributed by atoms with E-state index in [9.17, 15) is 8.42 Å². The van der Waals surface area contributed by atoms with Gasteiger partial charge in [0.05, 0.1) is 5.75 Å². The third-order valence-corrected chi connectivity index (χ3v) is 5.65. The zero-order chi connectivity index (χ0) is 11.7. The van der Waals surface area contributed by atoms with Crippen molar-refractivity contribution >= 4 is 10.0 Å². The van der Waals surface area contributed by atoms with Gasteiger partial charge in [-0.1, -0.05) is 13.8 Å². The third-order valence-electron chi connectivity index (χ3n) is 3.58. The van der Waals surface area contributed by atoms with Gasteiger partial charge in [0.1, 0.15) is 0 Å². The van der Waals surface area contributed by atoms with Crippen LogP contribution in [0.15, 0.2) is 0 Å². The lowest BCUT2D eigenvalue weighted by Gasteiger charge is -2.44. The van der Waals surface area contributed by atoms with Crippen molar-refractivity contribution in [3.05, 3.63) is 0 Å². The van der Waals surface area contributed by atoms with Gasteiger partial charge in [0.15, 0.2) is 0 Å². The summed E-state index contributed by atoms with van der Waals surface area (Å²) < 4.78 is 25.5. The summed E-state index contributed by atoms with van der Waals surface area (Å²) in [6.07, 6.45) is 1.72. The Balaban J connectivity index is 3.02. The van der Waals surface area contributed by atoms with Gasteiger partial charge in [-0.05, 0) is 25.7 Å². The second-order valence-electron chi connectivity index (χ2n) is 4.81. The molecule has 1 saturated heterocycles. The molecule has 2 N–H and O–H groups in total. The Morgan fingerprint density at radius 2 is 2.00 bits per heavy atom. The molecule has 15 heavy (non-hydrogen) atoms. The van der Waals surface area contributed by atoms with Gasteiger partial charge in [-0.15, -0.1) is 0 Å². The monoisotopic (exact) mass is 234 g/mol. The Morgan fingerprint density at radius 1 is 1.40 bits per heavy atom. The van der Waals surface area contributed by atoms with E-state index >= 15 is 0 Å². The van der Waals surface area contributed by atoms with Crippen LogP contribution < -0.4 is 5.73 Å². The minimum Gasteiger partial charge on any atom is -0.329 e. The van der Waals surface area contributed by atoms with Crippen LogP contribution in [0.3, 0.4) is 0 Å². The molecule has 1 aliphatic rings. The first-order chi connectivity index (χ1) is 6.84. The molecule has 1 rings (SSSR count). The predicted molar refractivity (Wildman–Crippen MR) is 62.0 cm³/mol. The van der Waals surface area contributed by atoms with Crippen molar-refractivity contribution < 1.29 is 8.42 Å². The van der Waals surface area contributed by atoms with Crippen LogP contribution in [0.4, 0.5) is 0 Å². The van der Waals surface area contributed by atoms with Gasteiger partial charge in [-0.3, -0.25) is 0 Å². The largest absolute Gasteiger partial charge is 0.329 e. The van der Waals surface area contributed by atoms with Gasteiger partial charge in [-0.25, -0.2) is 8.42 Å². The highest BCUT2D eigenvalue weighted by Crippen LogP contribution is 2.29. The van der Waals surface area contributed by atoms with Crippen LogP contribution >= 0.6 is 0 Å². The number of nitrogens with zero attached hydrogens (tertiary/aromatic N) is 1. The second kappa shape index (κ2) is 4.39. The summed E-state index contributed by atoms with van der Waals surface area (Å²) in [7, 11) is -3.09. The van der Waals surface area contributed by atoms with Crippen molar-refractivity contribution in [2.45, 2.75) is 39.2 Å². The highest BCUT2D eigenvalue weighted by molar-refractivity contribution is 7.89. The van der Waals surface area contributed by atoms with Crippen molar-refractivity contribution in [3.8, 4) is 0 Å². The molecule has 1 heterocycles. The molecule has 0 saturated carbocycles. The molecule has 0 spiro atoms. The second-order valence-corrected chi connectivity index (χ2v) is 6.82. The molecule has 0 aromatic rings. The fraction of sp³-hybridized carbons (Fsp3) is 1.00. The Labute approximate surface area is 92.9 Å². The quantitative estimate of drug-likeness (QED) is 0.785. The van der Waals surface area contributed by atoms with Crippen LogP contribution in [0.25, 0.3) is 0 Å². The number of rotatable bonds is 3. The lowest BCUT2D eigenvalue weighted by atomic mass is 9.88. The molecule has 4 nitrogen and oxygen atoms in total. The van der Waals surface area contributed by atoms with E-state index in [2.05, 4.69) is 0 Å². The van der Waals surface area contributed by atoms with Gasteiger partial charge in [0, 0.05) is 18.6 Å². The highest BCUT2D eigenvalue weighted by Gasteiger charge is 2.42. The summed E-state index contributed by atoms with van der Waals surface area (Å²) >= 11 is 0. The topological polar surface area (TPSA) is 63.4 Å². The Hall–Kier alpha value is -0.130. The first-order valence-electron chi connectivity index (χ1n) is 5.55. The number of nitrogens with two attached hydrogens (primary N) is 1. The fourth-order valence-corrected chi connectivity index (χ4v) is 4.11. The first kappa shape index (κ1) is 12.9. The molecular weight excluding hydrogens is 212 g/mol. The van der Waals surface area contributed by atoms with E-state index in [1.165, 1.54) is 0 Å². The maximum atomic E-state index is 12.0. The zero-order valence-electron chi connectivity index (χ0n) is 9.86. The lowest BCUT2D eigenvalue weighted by Crippen LogP contribution is -2.59. The summed E-state index contributed by atoms with van der Waals surface area (Å²) in [6.45, 7) is 6.99. The van der Waals surface area contributed by atoms with Gasteiger partial charge < -0.3 is 5.73 Å². The predicted octanol–water partition coefficient (Wildman–Crippen LogP) is 0.785. The van der Waals surface area contributed by atoms with Crippen LogP contribution in [-0.2, 0) is 10.0 Å². The van der Waals surface area contributed by atoms with E-state index in [4.69, 9.17) is 5.73 Å². The van der Waals surface area contributed by atoms with Crippen molar-refractivity contribution in [2.24, 2.45) is 11.7 Å². The summed E-state index contributed by atoms with van der Waals surface area (Å²) in [5.41, 5.74) is 5.32. The molecule has 0 bridgehead atoms. The maximum absolute atomic E-state index is 12.0. The fourth-order valence-electron chi connectivity index (χ4n) is 1.99.